The number of piperazine rings is 1. The van der Waals surface area contributed by atoms with Crippen molar-refractivity contribution in [1.29, 1.82) is 5.41 Å². The number of benzene rings is 1. The summed E-state index contributed by atoms with van der Waals surface area (Å²) in [4.78, 5) is 45.1. The van der Waals surface area contributed by atoms with Gasteiger partial charge in [-0.15, -0.1) is 0 Å². The number of aliphatic hydroxyl groups is 1. The fraction of sp³-hybridized carbons (Fsp3) is 0.636. The summed E-state index contributed by atoms with van der Waals surface area (Å²) in [6.07, 6.45) is 6.47. The van der Waals surface area contributed by atoms with Crippen LogP contribution < -0.4 is 10.2 Å². The third-order valence-electron chi connectivity index (χ3n) is 10.7. The molecule has 2 heterocycles. The zero-order chi connectivity index (χ0) is 30.5. The van der Waals surface area contributed by atoms with E-state index in [1.165, 1.54) is 6.07 Å². The van der Waals surface area contributed by atoms with E-state index in [4.69, 9.17) is 5.41 Å². The Morgan fingerprint density at radius 2 is 1.86 bits per heavy atom. The Hall–Kier alpha value is -3.27. The van der Waals surface area contributed by atoms with E-state index in [1.54, 1.807) is 4.90 Å². The molecular formula is C33H44FN5O4. The first-order valence-electron chi connectivity index (χ1n) is 15.9. The number of carbonyl (C=O) groups is 3. The maximum absolute atomic E-state index is 14.1. The number of Topliss-reactive ketones (excluding diaryl/α,β-unsaturated/α-hetero) is 1. The molecule has 3 aliphatic carbocycles. The minimum absolute atomic E-state index is 0.0165. The molecule has 3 N–H and O–H groups in total. The lowest BCUT2D eigenvalue weighted by atomic mass is 9.92. The Bertz CT molecular complexity index is 1370. The molecule has 1 aromatic carbocycles. The van der Waals surface area contributed by atoms with Crippen molar-refractivity contribution in [3.05, 3.63) is 40.3 Å². The quantitative estimate of drug-likeness (QED) is 0.399. The molecular weight excluding hydrogens is 549 g/mol. The lowest BCUT2D eigenvalue weighted by molar-refractivity contribution is -0.133. The number of allylic oxidation sites excluding steroid dienone is 1. The van der Waals surface area contributed by atoms with Crippen molar-refractivity contribution in [3.63, 3.8) is 0 Å². The van der Waals surface area contributed by atoms with Crippen molar-refractivity contribution in [2.24, 2.45) is 17.8 Å². The fourth-order valence-corrected chi connectivity index (χ4v) is 7.65. The van der Waals surface area contributed by atoms with Gasteiger partial charge in [-0.05, 0) is 93.9 Å². The average molecular weight is 594 g/mol. The second-order valence-electron chi connectivity index (χ2n) is 13.3. The molecule has 5 aliphatic rings. The molecule has 232 valence electrons. The molecule has 1 unspecified atom stereocenters. The Morgan fingerprint density at radius 1 is 1.07 bits per heavy atom. The number of likely N-dealkylation sites (tertiary alicyclic amines) is 1. The van der Waals surface area contributed by atoms with Gasteiger partial charge < -0.3 is 25.1 Å². The molecule has 2 saturated carbocycles. The summed E-state index contributed by atoms with van der Waals surface area (Å²) < 4.78 is 14.1. The van der Waals surface area contributed by atoms with Gasteiger partial charge in [0.1, 0.15) is 18.1 Å². The van der Waals surface area contributed by atoms with Crippen LogP contribution in [-0.4, -0.2) is 89.6 Å². The molecule has 4 fully saturated rings. The molecule has 1 spiro atoms. The number of nitrogens with one attached hydrogen (secondary N) is 2. The summed E-state index contributed by atoms with van der Waals surface area (Å²) in [6.45, 7) is 6.45. The number of hydrogen-bond donors (Lipinski definition) is 3. The standard InChI is InChI=1S/C33H44FN5O4/c1-20-21(2)27(7-6-25(20)34)38-13-14-39(33(19-38)9-10-33)29(42)17-36-26-16-23-15-24(23)30(26)31(35)32(43)37-11-4-3-5-22(8-12-37)28(41)18-40/h6-7,22-24,35-36,40H,3-5,8-19H2,1-2H3/t22?,23-,24-/m1/s1. The summed E-state index contributed by atoms with van der Waals surface area (Å²) in [7, 11) is 0. The van der Waals surface area contributed by atoms with Crippen LogP contribution in [0.15, 0.2) is 23.4 Å². The van der Waals surface area contributed by atoms with Crippen molar-refractivity contribution in [1.82, 2.24) is 15.1 Å². The van der Waals surface area contributed by atoms with Gasteiger partial charge in [-0.1, -0.05) is 6.42 Å². The number of anilines is 1. The van der Waals surface area contributed by atoms with E-state index in [9.17, 15) is 23.9 Å². The number of hydrogen-bond acceptors (Lipinski definition) is 7. The smallest absolute Gasteiger partial charge is 0.272 e. The summed E-state index contributed by atoms with van der Waals surface area (Å²) in [5, 5.41) is 21.5. The second-order valence-corrected chi connectivity index (χ2v) is 13.3. The first-order valence-corrected chi connectivity index (χ1v) is 15.9. The molecule has 6 rings (SSSR count). The molecule has 10 heteroatoms. The average Bonchev–Trinajstić information content (AvgIpc) is 3.90. The van der Waals surface area contributed by atoms with Crippen LogP contribution in [0.2, 0.25) is 0 Å². The highest BCUT2D eigenvalue weighted by Gasteiger charge is 2.54. The van der Waals surface area contributed by atoms with Crippen molar-refractivity contribution in [2.75, 3.05) is 50.8 Å². The Balaban J connectivity index is 1.09. The van der Waals surface area contributed by atoms with Gasteiger partial charge in [0.15, 0.2) is 5.78 Å². The maximum atomic E-state index is 14.1. The Morgan fingerprint density at radius 3 is 2.60 bits per heavy atom. The largest absolute Gasteiger partial charge is 0.389 e. The van der Waals surface area contributed by atoms with E-state index in [0.29, 0.717) is 44.1 Å². The van der Waals surface area contributed by atoms with Crippen LogP contribution in [0.5, 0.6) is 0 Å². The van der Waals surface area contributed by atoms with Crippen LogP contribution in [0.25, 0.3) is 0 Å². The minimum atomic E-state index is -0.470. The number of amides is 2. The molecule has 0 aromatic heterocycles. The van der Waals surface area contributed by atoms with Gasteiger partial charge in [-0.2, -0.15) is 0 Å². The van der Waals surface area contributed by atoms with Gasteiger partial charge in [0.25, 0.3) is 5.91 Å². The van der Waals surface area contributed by atoms with Gasteiger partial charge in [-0.3, -0.25) is 19.8 Å². The molecule has 2 aliphatic heterocycles. The third kappa shape index (κ3) is 5.70. The fourth-order valence-electron chi connectivity index (χ4n) is 7.65. The van der Waals surface area contributed by atoms with Gasteiger partial charge in [0, 0.05) is 55.6 Å². The van der Waals surface area contributed by atoms with E-state index >= 15 is 0 Å². The molecule has 3 atom stereocenters. The van der Waals surface area contributed by atoms with Crippen LogP contribution in [0, 0.1) is 42.8 Å². The lowest BCUT2D eigenvalue weighted by Gasteiger charge is -2.44. The number of halogens is 1. The third-order valence-corrected chi connectivity index (χ3v) is 10.7. The Labute approximate surface area is 253 Å². The Kier molecular flexibility index (Phi) is 8.08. The zero-order valence-corrected chi connectivity index (χ0v) is 25.4. The number of rotatable bonds is 8. The number of nitrogens with zero attached hydrogens (tertiary/aromatic N) is 3. The summed E-state index contributed by atoms with van der Waals surface area (Å²) >= 11 is 0. The predicted molar refractivity (Wildman–Crippen MR) is 161 cm³/mol. The molecule has 0 radical (unpaired) electrons. The van der Waals surface area contributed by atoms with Crippen LogP contribution >= 0.6 is 0 Å². The van der Waals surface area contributed by atoms with Crippen molar-refractivity contribution in [3.8, 4) is 0 Å². The van der Waals surface area contributed by atoms with Gasteiger partial charge in [0.05, 0.1) is 12.1 Å². The molecule has 1 aromatic rings. The number of aliphatic hydroxyl groups excluding tert-OH is 1. The molecule has 9 nitrogen and oxygen atoms in total. The SMILES string of the molecule is Cc1c(F)ccc(N2CCN(C(=O)CNC3=C(C(=N)C(=O)N4CCCCC(C(=O)CO)CC4)[C@@H]4C[C@@H]4C3)C3(CC3)C2)c1C. The van der Waals surface area contributed by atoms with Crippen LogP contribution in [0.4, 0.5) is 10.1 Å². The van der Waals surface area contributed by atoms with Crippen LogP contribution in [-0.2, 0) is 14.4 Å². The number of fused-ring (bicyclic) bond motifs is 1. The predicted octanol–water partition coefficient (Wildman–Crippen LogP) is 3.11. The number of ketones is 1. The second kappa shape index (κ2) is 11.7. The molecule has 2 amide bonds. The summed E-state index contributed by atoms with van der Waals surface area (Å²) in [5.41, 5.74) is 4.10. The lowest BCUT2D eigenvalue weighted by Crippen LogP contribution is -2.58. The van der Waals surface area contributed by atoms with E-state index in [1.807, 2.05) is 24.8 Å². The maximum Gasteiger partial charge on any atom is 0.272 e. The van der Waals surface area contributed by atoms with Gasteiger partial charge >= 0.3 is 0 Å². The monoisotopic (exact) mass is 593 g/mol. The molecule has 0 bridgehead atoms. The van der Waals surface area contributed by atoms with E-state index in [2.05, 4.69) is 10.2 Å². The van der Waals surface area contributed by atoms with Gasteiger partial charge in [-0.25, -0.2) is 4.39 Å². The first kappa shape index (κ1) is 29.8. The first-order chi connectivity index (χ1) is 20.6. The van der Waals surface area contributed by atoms with Crippen LogP contribution in [0.1, 0.15) is 62.5 Å². The van der Waals surface area contributed by atoms with Gasteiger partial charge in [0.2, 0.25) is 5.91 Å². The highest BCUT2D eigenvalue weighted by Crippen LogP contribution is 2.54. The number of carbonyl (C=O) groups excluding carboxylic acids is 3. The van der Waals surface area contributed by atoms with Crippen molar-refractivity contribution in [2.45, 2.75) is 70.8 Å². The molecule has 2 saturated heterocycles. The van der Waals surface area contributed by atoms with E-state index in [-0.39, 0.29) is 53.0 Å². The van der Waals surface area contributed by atoms with Crippen molar-refractivity contribution >= 4 is 29.0 Å². The summed E-state index contributed by atoms with van der Waals surface area (Å²) in [6, 6.07) is 3.38. The minimum Gasteiger partial charge on any atom is -0.389 e. The summed E-state index contributed by atoms with van der Waals surface area (Å²) in [5.74, 6) is -0.233. The highest BCUT2D eigenvalue weighted by molar-refractivity contribution is 6.44. The van der Waals surface area contributed by atoms with E-state index in [0.717, 1.165) is 74.0 Å². The highest BCUT2D eigenvalue weighted by atomic mass is 19.1. The topological polar surface area (TPSA) is 117 Å². The molecule has 43 heavy (non-hydrogen) atoms. The van der Waals surface area contributed by atoms with Crippen molar-refractivity contribution < 1.29 is 23.9 Å². The van der Waals surface area contributed by atoms with E-state index < -0.39 is 6.61 Å². The van der Waals surface area contributed by atoms with Crippen LogP contribution in [0.3, 0.4) is 0 Å². The zero-order valence-electron chi connectivity index (χ0n) is 25.4. The normalized spacial score (nSPS) is 26.1.